The number of ether oxygens (including phenoxy) is 2. The third kappa shape index (κ3) is 6.60. The second kappa shape index (κ2) is 13.3. The maximum absolute atomic E-state index is 14.5. The van der Waals surface area contributed by atoms with Gasteiger partial charge < -0.3 is 24.2 Å². The molecule has 2 atom stereocenters. The molecule has 1 unspecified atom stereocenters. The number of likely N-dealkylation sites (tertiary alicyclic amines) is 1. The summed E-state index contributed by atoms with van der Waals surface area (Å²) in [5.41, 5.74) is 1.01. The Balaban J connectivity index is 1.52. The minimum absolute atomic E-state index is 0.148. The van der Waals surface area contributed by atoms with Crippen LogP contribution in [-0.2, 0) is 21.5 Å². The molecule has 2 heterocycles. The van der Waals surface area contributed by atoms with Crippen LogP contribution in [0.15, 0.2) is 54.6 Å². The van der Waals surface area contributed by atoms with E-state index in [1.165, 1.54) is 30.2 Å². The first kappa shape index (κ1) is 34.4. The fraction of sp³-hybridized carbons (Fsp3) is 0.382. The molecule has 2 aliphatic heterocycles. The number of benzene rings is 3. The monoisotopic (exact) mass is 691 g/mol. The predicted octanol–water partition coefficient (Wildman–Crippen LogP) is 6.88. The van der Waals surface area contributed by atoms with E-state index < -0.39 is 36.0 Å². The van der Waals surface area contributed by atoms with Crippen LogP contribution >= 0.6 is 23.2 Å². The number of fused-ring (bicyclic) bond motifs is 1. The number of carbonyl (C=O) groups excluding carboxylic acids is 3. The molecule has 2 aliphatic rings. The van der Waals surface area contributed by atoms with Gasteiger partial charge in [0.2, 0.25) is 11.8 Å². The predicted molar refractivity (Wildman–Crippen MR) is 172 cm³/mol. The number of hydrogen-bond donors (Lipinski definition) is 0. The Hall–Kier alpha value is -3.96. The van der Waals surface area contributed by atoms with Crippen molar-refractivity contribution in [3.05, 3.63) is 86.9 Å². The van der Waals surface area contributed by atoms with Crippen molar-refractivity contribution in [2.24, 2.45) is 0 Å². The zero-order chi connectivity index (χ0) is 34.3. The van der Waals surface area contributed by atoms with E-state index in [-0.39, 0.29) is 36.0 Å². The van der Waals surface area contributed by atoms with Crippen LogP contribution in [-0.4, -0.2) is 74.1 Å². The molecular weight excluding hydrogens is 658 g/mol. The smallest absolute Gasteiger partial charge is 0.406 e. The Morgan fingerprint density at radius 3 is 2.43 bits per heavy atom. The molecule has 0 saturated carbocycles. The summed E-state index contributed by atoms with van der Waals surface area (Å²) in [5, 5.41) is 0.621. The summed E-state index contributed by atoms with van der Waals surface area (Å²) >= 11 is 13.2. The molecule has 0 spiro atoms. The summed E-state index contributed by atoms with van der Waals surface area (Å²) in [5.74, 6) is -0.525. The molecule has 3 aromatic rings. The number of nitrogens with zero attached hydrogens (tertiary/aromatic N) is 3. The number of methoxy groups -OCH3 is 2. The molecule has 1 fully saturated rings. The molecule has 1 saturated heterocycles. The van der Waals surface area contributed by atoms with Gasteiger partial charge in [0.1, 0.15) is 29.5 Å². The van der Waals surface area contributed by atoms with Crippen molar-refractivity contribution >= 4 is 46.6 Å². The Labute approximate surface area is 280 Å². The van der Waals surface area contributed by atoms with Crippen molar-refractivity contribution in [3.63, 3.8) is 0 Å². The Morgan fingerprint density at radius 1 is 1.00 bits per heavy atom. The van der Waals surface area contributed by atoms with Crippen LogP contribution in [0.3, 0.4) is 0 Å². The van der Waals surface area contributed by atoms with Gasteiger partial charge in [-0.2, -0.15) is 13.2 Å². The second-order valence-corrected chi connectivity index (χ2v) is 12.7. The van der Waals surface area contributed by atoms with Crippen LogP contribution < -0.4 is 14.4 Å². The van der Waals surface area contributed by atoms with Crippen molar-refractivity contribution < 1.29 is 37.0 Å². The number of anilines is 1. The summed E-state index contributed by atoms with van der Waals surface area (Å²) in [6, 6.07) is 13.9. The number of alkyl halides is 3. The van der Waals surface area contributed by atoms with Gasteiger partial charge in [0, 0.05) is 46.5 Å². The molecule has 47 heavy (non-hydrogen) atoms. The van der Waals surface area contributed by atoms with Gasteiger partial charge in [-0.15, -0.1) is 0 Å². The molecule has 0 bridgehead atoms. The van der Waals surface area contributed by atoms with Crippen LogP contribution in [0, 0.1) is 0 Å². The van der Waals surface area contributed by atoms with Crippen molar-refractivity contribution in [1.29, 1.82) is 0 Å². The first-order valence-corrected chi connectivity index (χ1v) is 15.7. The fourth-order valence-corrected chi connectivity index (χ4v) is 6.93. The largest absolute Gasteiger partial charge is 0.497 e. The van der Waals surface area contributed by atoms with Crippen molar-refractivity contribution in [3.8, 4) is 11.5 Å². The lowest BCUT2D eigenvalue weighted by atomic mass is 9.76. The van der Waals surface area contributed by atoms with Crippen LogP contribution in [0.4, 0.5) is 18.9 Å². The summed E-state index contributed by atoms with van der Waals surface area (Å²) in [4.78, 5) is 45.1. The van der Waals surface area contributed by atoms with E-state index >= 15 is 0 Å². The lowest BCUT2D eigenvalue weighted by Crippen LogP contribution is -2.53. The van der Waals surface area contributed by atoms with Crippen molar-refractivity contribution in [2.45, 2.75) is 50.4 Å². The number of hydrogen-bond acceptors (Lipinski definition) is 5. The average Bonchev–Trinajstić information content (AvgIpc) is 3.25. The maximum atomic E-state index is 14.5. The van der Waals surface area contributed by atoms with E-state index in [9.17, 15) is 27.6 Å². The Bertz CT molecular complexity index is 1720. The third-order valence-electron chi connectivity index (χ3n) is 8.88. The highest BCUT2D eigenvalue weighted by atomic mass is 35.5. The van der Waals surface area contributed by atoms with E-state index in [2.05, 4.69) is 0 Å². The maximum Gasteiger partial charge on any atom is 0.406 e. The second-order valence-electron chi connectivity index (χ2n) is 11.9. The average molecular weight is 693 g/mol. The molecule has 0 N–H and O–H groups in total. The zero-order valence-corrected chi connectivity index (χ0v) is 27.8. The molecular formula is C34H34Cl2F3N3O5. The summed E-state index contributed by atoms with van der Waals surface area (Å²) in [6.07, 6.45) is -3.16. The fourth-order valence-electron chi connectivity index (χ4n) is 6.45. The number of carbonyl (C=O) groups is 3. The summed E-state index contributed by atoms with van der Waals surface area (Å²) in [6.45, 7) is 0.635. The first-order valence-electron chi connectivity index (χ1n) is 14.9. The molecule has 0 aromatic heterocycles. The zero-order valence-electron chi connectivity index (χ0n) is 26.3. The van der Waals surface area contributed by atoms with Crippen LogP contribution in [0.1, 0.15) is 53.2 Å². The molecule has 0 radical (unpaired) electrons. The lowest BCUT2D eigenvalue weighted by molar-refractivity contribution is -0.161. The topological polar surface area (TPSA) is 79.4 Å². The molecule has 3 aromatic carbocycles. The van der Waals surface area contributed by atoms with Gasteiger partial charge >= 0.3 is 6.18 Å². The van der Waals surface area contributed by atoms with Gasteiger partial charge in [-0.3, -0.25) is 14.4 Å². The van der Waals surface area contributed by atoms with Gasteiger partial charge in [0.15, 0.2) is 0 Å². The number of amides is 3. The van der Waals surface area contributed by atoms with Gasteiger partial charge in [0.05, 0.1) is 20.8 Å². The third-order valence-corrected chi connectivity index (χ3v) is 9.44. The molecule has 250 valence electrons. The van der Waals surface area contributed by atoms with E-state index in [0.717, 1.165) is 12.6 Å². The van der Waals surface area contributed by atoms with Gasteiger partial charge in [0.25, 0.3) is 5.91 Å². The van der Waals surface area contributed by atoms with E-state index in [4.69, 9.17) is 32.7 Å². The lowest BCUT2D eigenvalue weighted by Gasteiger charge is -2.37. The number of likely N-dealkylation sites (N-methyl/N-ethyl adjacent to an activating group) is 1. The highest BCUT2D eigenvalue weighted by Crippen LogP contribution is 2.50. The van der Waals surface area contributed by atoms with Gasteiger partial charge in [-0.05, 0) is 85.8 Å². The highest BCUT2D eigenvalue weighted by molar-refractivity contribution is 6.33. The van der Waals surface area contributed by atoms with Crippen LogP contribution in [0.25, 0.3) is 0 Å². The van der Waals surface area contributed by atoms with Crippen LogP contribution in [0.2, 0.25) is 10.0 Å². The van der Waals surface area contributed by atoms with E-state index in [1.807, 2.05) is 6.07 Å². The molecule has 5 rings (SSSR count). The number of halogens is 5. The molecule has 13 heteroatoms. The van der Waals surface area contributed by atoms with Gasteiger partial charge in [-0.25, -0.2) is 0 Å². The minimum Gasteiger partial charge on any atom is -0.497 e. The quantitative estimate of drug-likeness (QED) is 0.257. The Morgan fingerprint density at radius 2 is 1.74 bits per heavy atom. The first-order chi connectivity index (χ1) is 22.2. The minimum atomic E-state index is -4.58. The van der Waals surface area contributed by atoms with Crippen molar-refractivity contribution in [1.82, 2.24) is 9.80 Å². The molecule has 8 nitrogen and oxygen atoms in total. The number of piperidine rings is 1. The van der Waals surface area contributed by atoms with Crippen LogP contribution in [0.5, 0.6) is 11.5 Å². The SMILES string of the molecule is COc1ccc(CN2C(=O)C(C)(c3cc(C(=O)N4CCCC[C@@H]4C(=O)N(C)CC(F)(F)F)ccc3Cl)c3cc(Cl)ccc32)c(OC)c1. The Kier molecular flexibility index (Phi) is 9.71. The molecule has 3 amide bonds. The van der Waals surface area contributed by atoms with E-state index in [1.54, 1.807) is 49.3 Å². The highest BCUT2D eigenvalue weighted by Gasteiger charge is 2.50. The summed E-state index contributed by atoms with van der Waals surface area (Å²) in [7, 11) is 4.15. The number of rotatable bonds is 8. The van der Waals surface area contributed by atoms with E-state index in [0.29, 0.717) is 51.1 Å². The molecule has 0 aliphatic carbocycles. The normalized spacial score (nSPS) is 19.4. The van der Waals surface area contributed by atoms with Crippen molar-refractivity contribution in [2.75, 3.05) is 39.3 Å². The standard InChI is InChI=1S/C34H34Cl2F3N3O5/c1-33(25-16-22(35)10-13-27(25)42(32(33)45)18-21-8-11-23(46-3)17-29(21)47-4)24-15-20(9-12-26(24)36)30(43)41-14-6-5-7-28(41)31(44)40(2)19-34(37,38)39/h8-13,15-17,28H,5-7,14,18-19H2,1-4H3/t28-,33?/m1/s1. The van der Waals surface area contributed by atoms with Gasteiger partial charge in [-0.1, -0.05) is 23.2 Å². The summed E-state index contributed by atoms with van der Waals surface area (Å²) < 4.78 is 50.1.